The maximum atomic E-state index is 12.6. The molecule has 2 atom stereocenters. The molecule has 1 aromatic carbocycles. The number of nitrogens with one attached hydrogen (secondary N) is 2. The van der Waals surface area contributed by atoms with E-state index in [1.54, 1.807) is 27.7 Å². The van der Waals surface area contributed by atoms with Crippen molar-refractivity contribution in [2.24, 2.45) is 0 Å². The summed E-state index contributed by atoms with van der Waals surface area (Å²) in [5, 5.41) is 14.4. The van der Waals surface area contributed by atoms with Gasteiger partial charge in [-0.15, -0.1) is 0 Å². The zero-order valence-electron chi connectivity index (χ0n) is 17.2. The van der Waals surface area contributed by atoms with Crippen LogP contribution in [0.4, 0.5) is 4.79 Å². The van der Waals surface area contributed by atoms with E-state index in [1.165, 1.54) is 13.8 Å². The van der Waals surface area contributed by atoms with Crippen molar-refractivity contribution in [1.82, 2.24) is 10.6 Å². The average Bonchev–Trinajstić information content (AvgIpc) is 2.55. The highest BCUT2D eigenvalue weighted by Gasteiger charge is 2.36. The fourth-order valence-electron chi connectivity index (χ4n) is 2.22. The van der Waals surface area contributed by atoms with E-state index in [2.05, 4.69) is 10.6 Å². The van der Waals surface area contributed by atoms with Crippen LogP contribution in [0.2, 0.25) is 0 Å². The van der Waals surface area contributed by atoms with Crippen molar-refractivity contribution >= 4 is 18.0 Å². The van der Waals surface area contributed by atoms with Gasteiger partial charge in [0.2, 0.25) is 5.91 Å². The zero-order chi connectivity index (χ0) is 21.5. The molecule has 1 unspecified atom stereocenters. The lowest BCUT2D eigenvalue weighted by Crippen LogP contribution is -2.60. The quantitative estimate of drug-likeness (QED) is 0.624. The van der Waals surface area contributed by atoms with E-state index in [0.29, 0.717) is 0 Å². The van der Waals surface area contributed by atoms with Gasteiger partial charge in [0.05, 0.1) is 12.7 Å². The van der Waals surface area contributed by atoms with Crippen molar-refractivity contribution in [1.29, 1.82) is 0 Å². The smallest absolute Gasteiger partial charge is 0.408 e. The number of rotatable bonds is 8. The third-order valence-electron chi connectivity index (χ3n) is 3.76. The van der Waals surface area contributed by atoms with E-state index in [0.717, 1.165) is 5.56 Å². The van der Waals surface area contributed by atoms with Gasteiger partial charge >= 0.3 is 12.1 Å². The van der Waals surface area contributed by atoms with Crippen LogP contribution in [-0.4, -0.2) is 46.4 Å². The molecule has 0 aliphatic rings. The van der Waals surface area contributed by atoms with Crippen LogP contribution in [0.1, 0.15) is 47.1 Å². The minimum atomic E-state index is -1.38. The highest BCUT2D eigenvalue weighted by atomic mass is 16.6. The summed E-state index contributed by atoms with van der Waals surface area (Å²) in [5.74, 6) is -1.90. The molecule has 1 rings (SSSR count). The van der Waals surface area contributed by atoms with Gasteiger partial charge in [0, 0.05) is 0 Å². The van der Waals surface area contributed by atoms with Gasteiger partial charge in [0.25, 0.3) is 0 Å². The van der Waals surface area contributed by atoms with Crippen LogP contribution in [0, 0.1) is 0 Å². The van der Waals surface area contributed by atoms with Gasteiger partial charge in [-0.1, -0.05) is 30.3 Å². The summed E-state index contributed by atoms with van der Waals surface area (Å²) in [6.45, 7) is 9.79. The molecule has 3 N–H and O–H groups in total. The second-order valence-corrected chi connectivity index (χ2v) is 8.04. The van der Waals surface area contributed by atoms with Gasteiger partial charge in [-0.3, -0.25) is 4.79 Å². The van der Waals surface area contributed by atoms with Crippen molar-refractivity contribution in [2.75, 3.05) is 0 Å². The number of ether oxygens (including phenoxy) is 2. The molecule has 0 aromatic heterocycles. The first-order valence-corrected chi connectivity index (χ1v) is 9.02. The lowest BCUT2D eigenvalue weighted by atomic mass is 10.0. The summed E-state index contributed by atoms with van der Waals surface area (Å²) in [5.41, 5.74) is -1.22. The molecule has 8 nitrogen and oxygen atoms in total. The Bertz CT molecular complexity index is 682. The molecule has 2 amide bonds. The molecule has 0 saturated heterocycles. The molecule has 1 aromatic rings. The van der Waals surface area contributed by atoms with E-state index in [-0.39, 0.29) is 6.61 Å². The molecule has 0 radical (unpaired) electrons. The van der Waals surface area contributed by atoms with Gasteiger partial charge in [-0.05, 0) is 47.1 Å². The van der Waals surface area contributed by atoms with E-state index >= 15 is 0 Å². The fraction of sp³-hybridized carbons (Fsp3) is 0.550. The average molecular weight is 394 g/mol. The van der Waals surface area contributed by atoms with Crippen molar-refractivity contribution in [2.45, 2.75) is 71.4 Å². The summed E-state index contributed by atoms with van der Waals surface area (Å²) in [6.07, 6.45) is -1.56. The summed E-state index contributed by atoms with van der Waals surface area (Å²) < 4.78 is 10.7. The summed E-state index contributed by atoms with van der Waals surface area (Å²) >= 11 is 0. The highest BCUT2D eigenvalue weighted by molar-refractivity contribution is 5.92. The number of carboxylic acid groups (broad SMARTS) is 1. The van der Waals surface area contributed by atoms with Crippen LogP contribution >= 0.6 is 0 Å². The van der Waals surface area contributed by atoms with Crippen LogP contribution < -0.4 is 10.6 Å². The van der Waals surface area contributed by atoms with Crippen LogP contribution in [0.5, 0.6) is 0 Å². The molecule has 28 heavy (non-hydrogen) atoms. The lowest BCUT2D eigenvalue weighted by molar-refractivity contribution is -0.147. The Kier molecular flexibility index (Phi) is 7.99. The Balaban J connectivity index is 2.71. The van der Waals surface area contributed by atoms with Crippen LogP contribution in [0.15, 0.2) is 30.3 Å². The topological polar surface area (TPSA) is 114 Å². The third-order valence-corrected chi connectivity index (χ3v) is 3.76. The largest absolute Gasteiger partial charge is 0.480 e. The molecule has 0 aliphatic carbocycles. The third kappa shape index (κ3) is 7.96. The number of carboxylic acids is 1. The number of benzene rings is 1. The monoisotopic (exact) mass is 394 g/mol. The second-order valence-electron chi connectivity index (χ2n) is 8.04. The molecule has 0 aliphatic heterocycles. The van der Waals surface area contributed by atoms with Crippen LogP contribution in [0.3, 0.4) is 0 Å². The maximum Gasteiger partial charge on any atom is 0.408 e. The zero-order valence-corrected chi connectivity index (χ0v) is 17.2. The van der Waals surface area contributed by atoms with Crippen molar-refractivity contribution in [3.8, 4) is 0 Å². The van der Waals surface area contributed by atoms with Crippen molar-refractivity contribution in [3.63, 3.8) is 0 Å². The van der Waals surface area contributed by atoms with Crippen LogP contribution in [-0.2, 0) is 25.7 Å². The Hall–Kier alpha value is -2.61. The van der Waals surface area contributed by atoms with Gasteiger partial charge in [0.1, 0.15) is 11.1 Å². The minimum absolute atomic E-state index is 0.210. The Morgan fingerprint density at radius 2 is 1.64 bits per heavy atom. The summed E-state index contributed by atoms with van der Waals surface area (Å²) in [6, 6.07) is 8.00. The lowest BCUT2D eigenvalue weighted by Gasteiger charge is -2.30. The highest BCUT2D eigenvalue weighted by Crippen LogP contribution is 2.11. The molecule has 0 saturated carbocycles. The van der Waals surface area contributed by atoms with E-state index in [9.17, 15) is 19.5 Å². The van der Waals surface area contributed by atoms with Gasteiger partial charge in [0.15, 0.2) is 6.04 Å². The second kappa shape index (κ2) is 9.54. The molecule has 0 bridgehead atoms. The van der Waals surface area contributed by atoms with E-state index in [4.69, 9.17) is 9.47 Å². The van der Waals surface area contributed by atoms with E-state index < -0.39 is 41.3 Å². The number of alkyl carbamates (subject to hydrolysis) is 1. The number of hydrogen-bond acceptors (Lipinski definition) is 5. The Morgan fingerprint density at radius 1 is 1.07 bits per heavy atom. The molecular weight excluding hydrogens is 364 g/mol. The Labute approximate surface area is 165 Å². The van der Waals surface area contributed by atoms with Crippen molar-refractivity contribution in [3.05, 3.63) is 35.9 Å². The number of carbonyl (C=O) groups excluding carboxylic acids is 2. The first kappa shape index (κ1) is 23.4. The first-order valence-electron chi connectivity index (χ1n) is 9.02. The molecule has 8 heteroatoms. The van der Waals surface area contributed by atoms with Crippen LogP contribution in [0.25, 0.3) is 0 Å². The summed E-state index contributed by atoms with van der Waals surface area (Å²) in [4.78, 5) is 36.1. The number of amides is 2. The van der Waals surface area contributed by atoms with Gasteiger partial charge in [-0.25, -0.2) is 9.59 Å². The fourth-order valence-corrected chi connectivity index (χ4v) is 2.22. The number of carbonyl (C=O) groups is 3. The predicted octanol–water partition coefficient (Wildman–Crippen LogP) is 2.46. The maximum absolute atomic E-state index is 12.6. The van der Waals surface area contributed by atoms with Gasteiger partial charge < -0.3 is 25.2 Å². The minimum Gasteiger partial charge on any atom is -0.480 e. The molecule has 0 fully saturated rings. The molecule has 0 heterocycles. The SMILES string of the molecule is CC(OCc1ccccc1)[C@@H](NC(=O)C(C)(C)NC(=O)OC(C)(C)C)C(=O)O. The standard InChI is InChI=1S/C20H30N2O6/c1-13(27-12-14-10-8-7-9-11-14)15(16(23)24)21-17(25)20(5,6)22-18(26)28-19(2,3)4/h7-11,13,15H,12H2,1-6H3,(H,21,25)(H,22,26)(H,23,24)/t13?,15-/m1/s1. The molecule has 156 valence electrons. The number of hydrogen-bond donors (Lipinski definition) is 3. The molecular formula is C20H30N2O6. The predicted molar refractivity (Wildman–Crippen MR) is 104 cm³/mol. The van der Waals surface area contributed by atoms with Crippen molar-refractivity contribution < 1.29 is 29.0 Å². The normalized spacial score (nSPS) is 13.9. The van der Waals surface area contributed by atoms with E-state index in [1.807, 2.05) is 30.3 Å². The van der Waals surface area contributed by atoms with Gasteiger partial charge in [-0.2, -0.15) is 0 Å². The first-order chi connectivity index (χ1) is 12.8. The summed E-state index contributed by atoms with van der Waals surface area (Å²) in [7, 11) is 0. The molecule has 0 spiro atoms. The Morgan fingerprint density at radius 3 is 2.14 bits per heavy atom. The number of aliphatic carboxylic acids is 1.